The molecule has 2 amide bonds. The van der Waals surface area contributed by atoms with Gasteiger partial charge in [-0.15, -0.1) is 0 Å². The molecule has 5 rings (SSSR count). The first-order valence-electron chi connectivity index (χ1n) is 12.9. The second-order valence-corrected chi connectivity index (χ2v) is 10.0. The van der Waals surface area contributed by atoms with E-state index < -0.39 is 6.04 Å². The third-order valence-electron chi connectivity index (χ3n) is 6.90. The Hall–Kier alpha value is -3.67. The zero-order valence-electron chi connectivity index (χ0n) is 21.8. The number of aromatic nitrogens is 6. The second-order valence-electron chi connectivity index (χ2n) is 10.0. The molecule has 0 spiro atoms. The molecule has 1 aliphatic carbocycles. The van der Waals surface area contributed by atoms with Gasteiger partial charge in [-0.05, 0) is 47.2 Å². The van der Waals surface area contributed by atoms with E-state index in [2.05, 4.69) is 30.6 Å². The minimum absolute atomic E-state index is 0.0427. The molecule has 0 radical (unpaired) electrons. The van der Waals surface area contributed by atoms with Crippen LogP contribution in [0, 0.1) is 12.8 Å². The van der Waals surface area contributed by atoms with Crippen LogP contribution in [0.2, 0.25) is 0 Å². The summed E-state index contributed by atoms with van der Waals surface area (Å²) in [5.41, 5.74) is 2.14. The van der Waals surface area contributed by atoms with Gasteiger partial charge in [0.15, 0.2) is 17.0 Å². The largest absolute Gasteiger partial charge is 0.363 e. The van der Waals surface area contributed by atoms with Crippen LogP contribution in [0.5, 0.6) is 0 Å². The number of hydrogen-bond donors (Lipinski definition) is 2. The Bertz CT molecular complexity index is 1280. The molecule has 0 bridgehead atoms. The summed E-state index contributed by atoms with van der Waals surface area (Å²) in [7, 11) is 3.92. The summed E-state index contributed by atoms with van der Waals surface area (Å²) in [6.07, 6.45) is 7.33. The molecule has 1 aliphatic heterocycles. The topological polar surface area (TPSA) is 134 Å². The van der Waals surface area contributed by atoms with E-state index in [0.29, 0.717) is 48.9 Å². The first kappa shape index (κ1) is 25.0. The SMILES string of the molecule is CCn1c(-c2cnc(C)nc2)nc2c(NC3C[C@H](C(=O)NCCN(C)C)N(C(=O)C4CC4)C3)ncnc21. The van der Waals surface area contributed by atoms with Crippen LogP contribution in [0.25, 0.3) is 22.6 Å². The van der Waals surface area contributed by atoms with E-state index in [1.165, 1.54) is 6.33 Å². The second kappa shape index (κ2) is 10.4. The minimum Gasteiger partial charge on any atom is -0.363 e. The number of anilines is 1. The number of carbonyl (C=O) groups is 2. The van der Waals surface area contributed by atoms with Crippen LogP contribution in [0.4, 0.5) is 5.82 Å². The van der Waals surface area contributed by atoms with Crippen molar-refractivity contribution in [2.24, 2.45) is 5.92 Å². The number of nitrogens with one attached hydrogen (secondary N) is 2. The summed E-state index contributed by atoms with van der Waals surface area (Å²) in [6, 6.07) is -0.637. The number of amides is 2. The number of carbonyl (C=O) groups excluding carboxylic acids is 2. The molecule has 37 heavy (non-hydrogen) atoms. The van der Waals surface area contributed by atoms with Gasteiger partial charge in [0, 0.05) is 50.5 Å². The van der Waals surface area contributed by atoms with Gasteiger partial charge < -0.3 is 25.0 Å². The Morgan fingerprint density at radius 3 is 2.57 bits per heavy atom. The number of imidazole rings is 1. The van der Waals surface area contributed by atoms with Crippen LogP contribution in [0.1, 0.15) is 32.0 Å². The molecule has 3 aromatic rings. The molecule has 1 saturated carbocycles. The highest BCUT2D eigenvalue weighted by Gasteiger charge is 2.44. The summed E-state index contributed by atoms with van der Waals surface area (Å²) in [4.78, 5) is 52.3. The Morgan fingerprint density at radius 2 is 1.89 bits per heavy atom. The van der Waals surface area contributed by atoms with Crippen LogP contribution in [-0.4, -0.2) is 96.9 Å². The van der Waals surface area contributed by atoms with Crippen LogP contribution in [0.3, 0.4) is 0 Å². The van der Waals surface area contributed by atoms with E-state index in [0.717, 1.165) is 30.8 Å². The van der Waals surface area contributed by atoms with Crippen LogP contribution < -0.4 is 10.6 Å². The average Bonchev–Trinajstić information content (AvgIpc) is 3.53. The van der Waals surface area contributed by atoms with E-state index in [9.17, 15) is 9.59 Å². The molecule has 4 heterocycles. The number of aryl methyl sites for hydroxylation is 2. The fraction of sp³-hybridized carbons (Fsp3) is 0.560. The van der Waals surface area contributed by atoms with Gasteiger partial charge in [-0.2, -0.15) is 0 Å². The van der Waals surface area contributed by atoms with Crippen molar-refractivity contribution >= 4 is 28.8 Å². The standard InChI is InChI=1S/C25H34N10O2/c1-5-34-22(17-11-27-15(2)28-12-17)32-20-21(29-14-30-23(20)34)31-18-10-19(24(36)26-8-9-33(3)4)35(13-18)25(37)16-6-7-16/h11-12,14,16,18-19H,5-10,13H2,1-4H3,(H,26,36)(H,29,30,31)/t18?,19-/m1/s1. The zero-order valence-corrected chi connectivity index (χ0v) is 21.8. The van der Waals surface area contributed by atoms with Crippen molar-refractivity contribution < 1.29 is 9.59 Å². The maximum atomic E-state index is 13.1. The van der Waals surface area contributed by atoms with Gasteiger partial charge in [-0.3, -0.25) is 9.59 Å². The van der Waals surface area contributed by atoms with Crippen molar-refractivity contribution in [2.45, 2.75) is 51.7 Å². The molecule has 2 N–H and O–H groups in total. The zero-order chi connectivity index (χ0) is 26.1. The van der Waals surface area contributed by atoms with E-state index in [4.69, 9.17) is 4.98 Å². The number of rotatable bonds is 9. The van der Waals surface area contributed by atoms with Gasteiger partial charge in [0.2, 0.25) is 11.8 Å². The van der Waals surface area contributed by atoms with E-state index in [1.807, 2.05) is 37.4 Å². The van der Waals surface area contributed by atoms with Gasteiger partial charge in [0.05, 0.1) is 5.56 Å². The van der Waals surface area contributed by atoms with Gasteiger partial charge in [0.1, 0.15) is 24.0 Å². The van der Waals surface area contributed by atoms with Crippen LogP contribution >= 0.6 is 0 Å². The van der Waals surface area contributed by atoms with Gasteiger partial charge in [-0.1, -0.05) is 0 Å². The number of likely N-dealkylation sites (N-methyl/N-ethyl adjacent to an activating group) is 1. The lowest BCUT2D eigenvalue weighted by molar-refractivity contribution is -0.139. The number of fused-ring (bicyclic) bond motifs is 1. The molecule has 12 heteroatoms. The quantitative estimate of drug-likeness (QED) is 0.437. The molecule has 3 aromatic heterocycles. The fourth-order valence-corrected chi connectivity index (χ4v) is 4.78. The predicted octanol–water partition coefficient (Wildman–Crippen LogP) is 1.08. The lowest BCUT2D eigenvalue weighted by Crippen LogP contribution is -2.47. The number of likely N-dealkylation sites (tertiary alicyclic amines) is 1. The average molecular weight is 507 g/mol. The molecule has 2 fully saturated rings. The molecule has 2 atom stereocenters. The summed E-state index contributed by atoms with van der Waals surface area (Å²) >= 11 is 0. The molecule has 1 unspecified atom stereocenters. The molecule has 196 valence electrons. The molecular weight excluding hydrogens is 472 g/mol. The van der Waals surface area contributed by atoms with E-state index in [-0.39, 0.29) is 23.8 Å². The van der Waals surface area contributed by atoms with Gasteiger partial charge in [-0.25, -0.2) is 24.9 Å². The van der Waals surface area contributed by atoms with Crippen molar-refractivity contribution in [1.29, 1.82) is 0 Å². The van der Waals surface area contributed by atoms with Crippen LogP contribution in [-0.2, 0) is 16.1 Å². The molecular formula is C25H34N10O2. The van der Waals surface area contributed by atoms with Crippen molar-refractivity contribution in [3.63, 3.8) is 0 Å². The summed E-state index contributed by atoms with van der Waals surface area (Å²) < 4.78 is 2.01. The highest BCUT2D eigenvalue weighted by atomic mass is 16.2. The lowest BCUT2D eigenvalue weighted by Gasteiger charge is -2.24. The third kappa shape index (κ3) is 5.24. The Kier molecular flexibility index (Phi) is 7.00. The third-order valence-corrected chi connectivity index (χ3v) is 6.90. The fourth-order valence-electron chi connectivity index (χ4n) is 4.78. The number of hydrogen-bond acceptors (Lipinski definition) is 9. The first-order chi connectivity index (χ1) is 17.9. The van der Waals surface area contributed by atoms with Crippen molar-refractivity contribution in [1.82, 2.24) is 44.6 Å². The van der Waals surface area contributed by atoms with Crippen LogP contribution in [0.15, 0.2) is 18.7 Å². The number of nitrogens with zero attached hydrogens (tertiary/aromatic N) is 8. The van der Waals surface area contributed by atoms with Gasteiger partial charge >= 0.3 is 0 Å². The summed E-state index contributed by atoms with van der Waals surface area (Å²) in [5.74, 6) is 2.00. The van der Waals surface area contributed by atoms with Crippen molar-refractivity contribution in [3.8, 4) is 11.4 Å². The van der Waals surface area contributed by atoms with Crippen molar-refractivity contribution in [3.05, 3.63) is 24.5 Å². The molecule has 2 aliphatic rings. The highest BCUT2D eigenvalue weighted by molar-refractivity contribution is 5.91. The van der Waals surface area contributed by atoms with Crippen molar-refractivity contribution in [2.75, 3.05) is 39.0 Å². The maximum Gasteiger partial charge on any atom is 0.242 e. The van der Waals surface area contributed by atoms with E-state index >= 15 is 0 Å². The highest BCUT2D eigenvalue weighted by Crippen LogP contribution is 2.35. The van der Waals surface area contributed by atoms with E-state index in [1.54, 1.807) is 17.3 Å². The molecule has 1 saturated heterocycles. The van der Waals surface area contributed by atoms with Gasteiger partial charge in [0.25, 0.3) is 0 Å². The normalized spacial score (nSPS) is 19.5. The summed E-state index contributed by atoms with van der Waals surface area (Å²) in [5, 5.41) is 6.47. The first-order valence-corrected chi connectivity index (χ1v) is 12.9. The molecule has 12 nitrogen and oxygen atoms in total. The lowest BCUT2D eigenvalue weighted by atomic mass is 10.1. The summed E-state index contributed by atoms with van der Waals surface area (Å²) in [6.45, 7) is 6.27. The Labute approximate surface area is 215 Å². The predicted molar refractivity (Wildman–Crippen MR) is 139 cm³/mol. The molecule has 0 aromatic carbocycles. The maximum absolute atomic E-state index is 13.1. The Morgan fingerprint density at radius 1 is 1.14 bits per heavy atom. The Balaban J connectivity index is 1.39. The smallest absolute Gasteiger partial charge is 0.242 e. The minimum atomic E-state index is -0.501. The monoisotopic (exact) mass is 506 g/mol.